The van der Waals surface area contributed by atoms with E-state index in [2.05, 4.69) is 17.6 Å². The van der Waals surface area contributed by atoms with Gasteiger partial charge in [-0.2, -0.15) is 0 Å². The Labute approximate surface area is 189 Å². The summed E-state index contributed by atoms with van der Waals surface area (Å²) in [6, 6.07) is 8.95. The Morgan fingerprint density at radius 2 is 1.45 bits per heavy atom. The van der Waals surface area contributed by atoms with E-state index >= 15 is 0 Å². The molecule has 5 nitrogen and oxygen atoms in total. The summed E-state index contributed by atoms with van der Waals surface area (Å²) in [5.41, 5.74) is 0.920. The highest BCUT2D eigenvalue weighted by atomic mass is 16.5. The van der Waals surface area contributed by atoms with Gasteiger partial charge in [-0.05, 0) is 17.9 Å². The van der Waals surface area contributed by atoms with Gasteiger partial charge in [0.05, 0.1) is 0 Å². The van der Waals surface area contributed by atoms with E-state index in [1.807, 2.05) is 44.2 Å². The van der Waals surface area contributed by atoms with Crippen LogP contribution in [0.4, 0.5) is 4.79 Å². The number of carbonyl (C=O) groups excluding carboxylic acids is 2. The monoisotopic (exact) mass is 432 g/mol. The molecule has 176 valence electrons. The first-order valence-corrected chi connectivity index (χ1v) is 12.3. The lowest BCUT2D eigenvalue weighted by molar-refractivity contribution is -0.124. The summed E-state index contributed by atoms with van der Waals surface area (Å²) in [4.78, 5) is 24.8. The number of nitrogens with one attached hydrogen (secondary N) is 2. The molecule has 0 heterocycles. The third-order valence-electron chi connectivity index (χ3n) is 5.81. The second-order valence-corrected chi connectivity index (χ2v) is 8.54. The van der Waals surface area contributed by atoms with Gasteiger partial charge in [0, 0.05) is 6.54 Å². The van der Waals surface area contributed by atoms with Crippen molar-refractivity contribution >= 4 is 12.0 Å². The molecule has 0 aliphatic carbocycles. The molecule has 2 atom stereocenters. The maximum absolute atomic E-state index is 12.6. The Kier molecular flexibility index (Phi) is 15.3. The molecule has 0 bridgehead atoms. The Morgan fingerprint density at radius 3 is 2.03 bits per heavy atom. The summed E-state index contributed by atoms with van der Waals surface area (Å²) >= 11 is 0. The van der Waals surface area contributed by atoms with E-state index in [1.54, 1.807) is 0 Å². The summed E-state index contributed by atoms with van der Waals surface area (Å²) in [5.74, 6) is -0.0843. The highest BCUT2D eigenvalue weighted by Crippen LogP contribution is 2.11. The largest absolute Gasteiger partial charge is 0.445 e. The van der Waals surface area contributed by atoms with Crippen LogP contribution >= 0.6 is 0 Å². The lowest BCUT2D eigenvalue weighted by Gasteiger charge is -2.23. The highest BCUT2D eigenvalue weighted by molar-refractivity contribution is 5.85. The average molecular weight is 433 g/mol. The van der Waals surface area contributed by atoms with Gasteiger partial charge >= 0.3 is 6.09 Å². The van der Waals surface area contributed by atoms with Gasteiger partial charge in [0.25, 0.3) is 0 Å². The smallest absolute Gasteiger partial charge is 0.408 e. The molecule has 0 saturated heterocycles. The van der Waals surface area contributed by atoms with Crippen LogP contribution in [-0.2, 0) is 16.1 Å². The molecule has 2 amide bonds. The van der Waals surface area contributed by atoms with Crippen molar-refractivity contribution < 1.29 is 14.3 Å². The van der Waals surface area contributed by atoms with Crippen molar-refractivity contribution in [2.24, 2.45) is 5.92 Å². The van der Waals surface area contributed by atoms with Gasteiger partial charge in [0.1, 0.15) is 12.6 Å². The number of rotatable bonds is 17. The van der Waals surface area contributed by atoms with Crippen LogP contribution in [0.3, 0.4) is 0 Å². The molecule has 5 heteroatoms. The van der Waals surface area contributed by atoms with Gasteiger partial charge < -0.3 is 15.4 Å². The van der Waals surface area contributed by atoms with Crippen molar-refractivity contribution in [1.29, 1.82) is 0 Å². The fourth-order valence-corrected chi connectivity index (χ4v) is 3.53. The summed E-state index contributed by atoms with van der Waals surface area (Å²) in [5, 5.41) is 5.75. The third kappa shape index (κ3) is 13.1. The van der Waals surface area contributed by atoms with Crippen LogP contribution < -0.4 is 10.6 Å². The molecule has 2 N–H and O–H groups in total. The Bertz CT molecular complexity index is 592. The van der Waals surface area contributed by atoms with Gasteiger partial charge in [-0.3, -0.25) is 4.79 Å². The molecule has 0 saturated carbocycles. The van der Waals surface area contributed by atoms with Crippen LogP contribution in [0.5, 0.6) is 0 Å². The van der Waals surface area contributed by atoms with Crippen LogP contribution in [0, 0.1) is 5.92 Å². The minimum absolute atomic E-state index is 0.0389. The predicted octanol–water partition coefficient (Wildman–Crippen LogP) is 6.36. The summed E-state index contributed by atoms with van der Waals surface area (Å²) in [7, 11) is 0. The number of alkyl carbamates (subject to hydrolysis) is 1. The number of benzene rings is 1. The van der Waals surface area contributed by atoms with Gasteiger partial charge in [0.15, 0.2) is 0 Å². The Balaban J connectivity index is 2.22. The first kappa shape index (κ1) is 27.0. The van der Waals surface area contributed by atoms with E-state index in [9.17, 15) is 9.59 Å². The zero-order valence-electron chi connectivity index (χ0n) is 20.0. The van der Waals surface area contributed by atoms with Crippen LogP contribution in [0.25, 0.3) is 0 Å². The van der Waals surface area contributed by atoms with Crippen molar-refractivity contribution in [2.45, 2.75) is 104 Å². The fraction of sp³-hybridized carbons (Fsp3) is 0.692. The molecule has 0 aliphatic heterocycles. The van der Waals surface area contributed by atoms with Crippen LogP contribution in [0.2, 0.25) is 0 Å². The standard InChI is InChI=1S/C26H44N2O3/c1-4-6-7-8-9-10-11-12-13-17-20-27-25(29)24(22(3)5-2)28-26(30)31-21-23-18-15-14-16-19-23/h14-16,18-19,22,24H,4-13,17,20-21H2,1-3H3,(H,27,29)(H,28,30)/t22-,24-/m0/s1. The van der Waals surface area contributed by atoms with Crippen LogP contribution in [0.1, 0.15) is 97.0 Å². The van der Waals surface area contributed by atoms with Crippen molar-refractivity contribution in [3.63, 3.8) is 0 Å². The summed E-state index contributed by atoms with van der Waals surface area (Å²) in [6.45, 7) is 7.09. The average Bonchev–Trinajstić information content (AvgIpc) is 2.79. The van der Waals surface area contributed by atoms with Crippen LogP contribution in [0.15, 0.2) is 30.3 Å². The molecule has 31 heavy (non-hydrogen) atoms. The molecular formula is C26H44N2O3. The van der Waals surface area contributed by atoms with Gasteiger partial charge in [-0.25, -0.2) is 4.79 Å². The van der Waals surface area contributed by atoms with E-state index in [4.69, 9.17) is 4.74 Å². The highest BCUT2D eigenvalue weighted by Gasteiger charge is 2.26. The van der Waals surface area contributed by atoms with Crippen LogP contribution in [-0.4, -0.2) is 24.6 Å². The molecule has 0 spiro atoms. The molecule has 0 fully saturated rings. The zero-order chi connectivity index (χ0) is 22.7. The first-order chi connectivity index (χ1) is 15.1. The molecule has 0 unspecified atom stereocenters. The number of carbonyl (C=O) groups is 2. The van der Waals surface area contributed by atoms with Gasteiger partial charge in [-0.1, -0.05) is 115 Å². The molecule has 0 aliphatic rings. The van der Waals surface area contributed by atoms with E-state index in [0.29, 0.717) is 6.54 Å². The first-order valence-electron chi connectivity index (χ1n) is 12.3. The predicted molar refractivity (Wildman–Crippen MR) is 128 cm³/mol. The minimum Gasteiger partial charge on any atom is -0.445 e. The molecule has 1 rings (SSSR count). The second kappa shape index (κ2) is 17.6. The maximum atomic E-state index is 12.6. The number of hydrogen-bond acceptors (Lipinski definition) is 3. The van der Waals surface area contributed by atoms with Crippen molar-refractivity contribution in [1.82, 2.24) is 10.6 Å². The summed E-state index contributed by atoms with van der Waals surface area (Å²) < 4.78 is 5.28. The lowest BCUT2D eigenvalue weighted by atomic mass is 9.98. The number of unbranched alkanes of at least 4 members (excludes halogenated alkanes) is 9. The van der Waals surface area contributed by atoms with Crippen molar-refractivity contribution in [3.8, 4) is 0 Å². The minimum atomic E-state index is -0.573. The molecule has 0 aromatic heterocycles. The van der Waals surface area contributed by atoms with Gasteiger partial charge in [0.2, 0.25) is 5.91 Å². The third-order valence-corrected chi connectivity index (χ3v) is 5.81. The van der Waals surface area contributed by atoms with E-state index in [1.165, 1.54) is 51.4 Å². The lowest BCUT2D eigenvalue weighted by Crippen LogP contribution is -2.50. The quantitative estimate of drug-likeness (QED) is 0.281. The second-order valence-electron chi connectivity index (χ2n) is 8.54. The van der Waals surface area contributed by atoms with Gasteiger partial charge in [-0.15, -0.1) is 0 Å². The normalized spacial score (nSPS) is 12.7. The summed E-state index contributed by atoms with van der Waals surface area (Å²) in [6.07, 6.45) is 12.9. The Hall–Kier alpha value is -2.04. The maximum Gasteiger partial charge on any atom is 0.408 e. The number of amides is 2. The number of hydrogen-bond donors (Lipinski definition) is 2. The van der Waals surface area contributed by atoms with E-state index < -0.39 is 12.1 Å². The molecule has 1 aromatic carbocycles. The Morgan fingerprint density at radius 1 is 0.871 bits per heavy atom. The molecular weight excluding hydrogens is 388 g/mol. The molecule has 0 radical (unpaired) electrons. The molecule has 1 aromatic rings. The van der Waals surface area contributed by atoms with E-state index in [-0.39, 0.29) is 18.4 Å². The topological polar surface area (TPSA) is 67.4 Å². The SMILES string of the molecule is CCCCCCCCCCCCNC(=O)[C@@H](NC(=O)OCc1ccccc1)[C@@H](C)CC. The number of ether oxygens (including phenoxy) is 1. The zero-order valence-corrected chi connectivity index (χ0v) is 20.0. The van der Waals surface area contributed by atoms with E-state index in [0.717, 1.165) is 24.8 Å². The van der Waals surface area contributed by atoms with Crippen molar-refractivity contribution in [2.75, 3.05) is 6.54 Å². The fourth-order valence-electron chi connectivity index (χ4n) is 3.53. The van der Waals surface area contributed by atoms with Crippen molar-refractivity contribution in [3.05, 3.63) is 35.9 Å².